The van der Waals surface area contributed by atoms with E-state index in [1.807, 2.05) is 69.3 Å². The van der Waals surface area contributed by atoms with Crippen LogP contribution in [0.1, 0.15) is 53.3 Å². The third kappa shape index (κ3) is 4.94. The lowest BCUT2D eigenvalue weighted by atomic mass is 9.80. The van der Waals surface area contributed by atoms with Crippen LogP contribution in [0, 0.1) is 11.3 Å². The monoisotopic (exact) mass is 490 g/mol. The first kappa shape index (κ1) is 25.3. The molecule has 1 unspecified atom stereocenters. The zero-order chi connectivity index (χ0) is 26.2. The number of nitrogens with zero attached hydrogens (tertiary/aromatic N) is 3. The molecule has 2 heterocycles. The van der Waals surface area contributed by atoms with Gasteiger partial charge in [0.2, 0.25) is 5.90 Å². The minimum Gasteiger partial charge on any atom is -0.465 e. The lowest BCUT2D eigenvalue weighted by molar-refractivity contribution is 0.172. The molecule has 0 aliphatic carbocycles. The van der Waals surface area contributed by atoms with E-state index in [0.29, 0.717) is 30.3 Å². The van der Waals surface area contributed by atoms with Crippen LogP contribution < -0.4 is 15.9 Å². The van der Waals surface area contributed by atoms with Gasteiger partial charge in [0.25, 0.3) is 5.56 Å². The molecule has 0 radical (unpaired) electrons. The van der Waals surface area contributed by atoms with Crippen LogP contribution in [0.5, 0.6) is 0 Å². The van der Waals surface area contributed by atoms with Crippen LogP contribution in [0.4, 0.5) is 10.5 Å². The molecule has 0 saturated carbocycles. The zero-order valence-electron chi connectivity index (χ0n) is 21.7. The second-order valence-electron chi connectivity index (χ2n) is 10.7. The summed E-state index contributed by atoms with van der Waals surface area (Å²) in [4.78, 5) is 26.0. The van der Waals surface area contributed by atoms with E-state index >= 15 is 0 Å². The summed E-state index contributed by atoms with van der Waals surface area (Å²) in [6.45, 7) is 12.6. The van der Waals surface area contributed by atoms with Crippen molar-refractivity contribution in [1.82, 2.24) is 9.88 Å². The number of aromatic nitrogens is 1. The third-order valence-electron chi connectivity index (χ3n) is 6.27. The summed E-state index contributed by atoms with van der Waals surface area (Å²) in [5, 5.41) is 20.0. The summed E-state index contributed by atoms with van der Waals surface area (Å²) < 4.78 is 7.28. The van der Waals surface area contributed by atoms with Crippen molar-refractivity contribution in [1.29, 1.82) is 0 Å². The number of nitrogens with one attached hydrogen (secondary N) is 1. The molecule has 1 amide bonds. The molecule has 36 heavy (non-hydrogen) atoms. The van der Waals surface area contributed by atoms with Crippen molar-refractivity contribution >= 4 is 28.5 Å². The first-order valence-corrected chi connectivity index (χ1v) is 12.2. The van der Waals surface area contributed by atoms with Gasteiger partial charge in [0.15, 0.2) is 6.73 Å². The van der Waals surface area contributed by atoms with E-state index in [-0.39, 0.29) is 11.5 Å². The highest BCUT2D eigenvalue weighted by atomic mass is 16.5. The standard InChI is InChI=1S/C28H34N4O4/c1-17(2)15-31-24(25(28(4,5)6)29-27(34)35)23(19-10-8-7-9-11-19)22-14-20(12-13-21(22)26(31)33)32-16-36-18(3)30-32/h7-14,17,25,29H,15-16H2,1-6H3,(H,34,35). The molecule has 3 aromatic rings. The lowest BCUT2D eigenvalue weighted by Gasteiger charge is -2.35. The zero-order valence-corrected chi connectivity index (χ0v) is 21.7. The molecule has 2 N–H and O–H groups in total. The topological polar surface area (TPSA) is 96.2 Å². The van der Waals surface area contributed by atoms with Crippen LogP contribution in [0.15, 0.2) is 58.4 Å². The van der Waals surface area contributed by atoms with E-state index in [2.05, 4.69) is 24.3 Å². The van der Waals surface area contributed by atoms with Crippen LogP contribution >= 0.6 is 0 Å². The molecule has 8 heteroatoms. The van der Waals surface area contributed by atoms with Crippen molar-refractivity contribution < 1.29 is 14.6 Å². The quantitative estimate of drug-likeness (QED) is 0.455. The second-order valence-corrected chi connectivity index (χ2v) is 10.7. The SMILES string of the molecule is CC1=NN(c2ccc3c(=O)n(CC(C)C)c(C(NC(=O)O)C(C)(C)C)c(-c4ccccc4)c3c2)CO1. The summed E-state index contributed by atoms with van der Waals surface area (Å²) in [6, 6.07) is 14.9. The van der Waals surface area contributed by atoms with Crippen LogP contribution in [-0.2, 0) is 11.3 Å². The van der Waals surface area contributed by atoms with Gasteiger partial charge in [-0.1, -0.05) is 65.0 Å². The molecular weight excluding hydrogens is 456 g/mol. The van der Waals surface area contributed by atoms with Crippen LogP contribution in [0.2, 0.25) is 0 Å². The number of carbonyl (C=O) groups is 1. The normalized spacial score (nSPS) is 14.6. The fourth-order valence-corrected chi connectivity index (χ4v) is 4.70. The number of ether oxygens (including phenoxy) is 1. The molecule has 2 aromatic carbocycles. The number of benzene rings is 2. The van der Waals surface area contributed by atoms with Gasteiger partial charge in [-0.25, -0.2) is 9.80 Å². The van der Waals surface area contributed by atoms with E-state index < -0.39 is 17.6 Å². The number of rotatable bonds is 6. The summed E-state index contributed by atoms with van der Waals surface area (Å²) in [6.07, 6.45) is -1.13. The third-order valence-corrected chi connectivity index (χ3v) is 6.27. The lowest BCUT2D eigenvalue weighted by Crippen LogP contribution is -2.40. The van der Waals surface area contributed by atoms with Gasteiger partial charge in [-0.15, -0.1) is 5.10 Å². The summed E-state index contributed by atoms with van der Waals surface area (Å²) >= 11 is 0. The Morgan fingerprint density at radius 1 is 1.14 bits per heavy atom. The maximum absolute atomic E-state index is 14.0. The Labute approximate surface area is 211 Å². The molecule has 0 saturated heterocycles. The van der Waals surface area contributed by atoms with Crippen LogP contribution in [-0.4, -0.2) is 28.4 Å². The van der Waals surface area contributed by atoms with Gasteiger partial charge in [0.05, 0.1) is 17.4 Å². The molecule has 1 atom stereocenters. The van der Waals surface area contributed by atoms with Crippen molar-refractivity contribution in [3.05, 3.63) is 64.6 Å². The van der Waals surface area contributed by atoms with Gasteiger partial charge in [-0.3, -0.25) is 4.79 Å². The number of carboxylic acid groups (broad SMARTS) is 1. The Balaban J connectivity index is 2.16. The van der Waals surface area contributed by atoms with Gasteiger partial charge in [0.1, 0.15) is 0 Å². The molecule has 1 aliphatic heterocycles. The number of anilines is 1. The Bertz CT molecular complexity index is 1370. The van der Waals surface area contributed by atoms with E-state index in [9.17, 15) is 14.7 Å². The maximum atomic E-state index is 14.0. The van der Waals surface area contributed by atoms with E-state index in [4.69, 9.17) is 4.74 Å². The highest BCUT2D eigenvalue weighted by molar-refractivity contribution is 5.99. The van der Waals surface area contributed by atoms with Crippen molar-refractivity contribution in [2.45, 2.75) is 54.1 Å². The van der Waals surface area contributed by atoms with Crippen molar-refractivity contribution in [2.24, 2.45) is 16.4 Å². The minimum atomic E-state index is -1.13. The number of pyridine rings is 1. The Morgan fingerprint density at radius 2 is 1.83 bits per heavy atom. The van der Waals surface area contributed by atoms with Gasteiger partial charge in [-0.2, -0.15) is 0 Å². The van der Waals surface area contributed by atoms with E-state index in [1.165, 1.54) is 0 Å². The molecule has 8 nitrogen and oxygen atoms in total. The molecule has 1 aliphatic rings. The molecule has 1 aromatic heterocycles. The number of hydrogen-bond acceptors (Lipinski definition) is 5. The van der Waals surface area contributed by atoms with Crippen molar-refractivity contribution in [3.63, 3.8) is 0 Å². The minimum absolute atomic E-state index is 0.140. The highest BCUT2D eigenvalue weighted by Crippen LogP contribution is 2.42. The van der Waals surface area contributed by atoms with Crippen LogP contribution in [0.3, 0.4) is 0 Å². The predicted octanol–water partition coefficient (Wildman–Crippen LogP) is 5.81. The smallest absolute Gasteiger partial charge is 0.405 e. The van der Waals surface area contributed by atoms with E-state index in [1.54, 1.807) is 16.5 Å². The Kier molecular flexibility index (Phi) is 6.80. The summed E-state index contributed by atoms with van der Waals surface area (Å²) in [7, 11) is 0. The highest BCUT2D eigenvalue weighted by Gasteiger charge is 2.34. The van der Waals surface area contributed by atoms with E-state index in [0.717, 1.165) is 22.2 Å². The number of hydrazone groups is 1. The molecule has 0 fully saturated rings. The molecule has 0 spiro atoms. The first-order valence-electron chi connectivity index (χ1n) is 12.2. The largest absolute Gasteiger partial charge is 0.465 e. The molecule has 0 bridgehead atoms. The van der Waals surface area contributed by atoms with Gasteiger partial charge >= 0.3 is 6.09 Å². The van der Waals surface area contributed by atoms with Crippen molar-refractivity contribution in [2.75, 3.05) is 11.7 Å². The summed E-state index contributed by atoms with van der Waals surface area (Å²) in [5.41, 5.74) is 2.55. The number of fused-ring (bicyclic) bond motifs is 1. The van der Waals surface area contributed by atoms with Crippen molar-refractivity contribution in [3.8, 4) is 11.1 Å². The van der Waals surface area contributed by atoms with Crippen LogP contribution in [0.25, 0.3) is 21.9 Å². The van der Waals surface area contributed by atoms with Gasteiger partial charge < -0.3 is 19.7 Å². The molecule has 190 valence electrons. The Hall–Kier alpha value is -3.81. The second kappa shape index (κ2) is 9.68. The molecular formula is C28H34N4O4. The average molecular weight is 491 g/mol. The van der Waals surface area contributed by atoms with Gasteiger partial charge in [0, 0.05) is 24.4 Å². The Morgan fingerprint density at radius 3 is 2.39 bits per heavy atom. The first-order chi connectivity index (χ1) is 17.0. The maximum Gasteiger partial charge on any atom is 0.405 e. The summed E-state index contributed by atoms with van der Waals surface area (Å²) in [5.74, 6) is 0.746. The number of amides is 1. The number of hydrogen-bond donors (Lipinski definition) is 2. The van der Waals surface area contributed by atoms with Gasteiger partial charge in [-0.05, 0) is 40.5 Å². The average Bonchev–Trinajstić information content (AvgIpc) is 3.25. The fraction of sp³-hybridized carbons (Fsp3) is 0.393. The predicted molar refractivity (Wildman–Crippen MR) is 143 cm³/mol. The fourth-order valence-electron chi connectivity index (χ4n) is 4.70. The molecule has 4 rings (SSSR count).